The zero-order valence-electron chi connectivity index (χ0n) is 15.5. The van der Waals surface area contributed by atoms with Gasteiger partial charge in [0.1, 0.15) is 0 Å². The molecule has 0 fully saturated rings. The van der Waals surface area contributed by atoms with Crippen LogP contribution in [0.5, 0.6) is 0 Å². The Morgan fingerprint density at radius 1 is 1.04 bits per heavy atom. The molecule has 0 spiro atoms. The van der Waals surface area contributed by atoms with E-state index in [1.54, 1.807) is 11.3 Å². The third kappa shape index (κ3) is 4.59. The molecule has 2 heterocycles. The molecule has 0 aliphatic rings. The summed E-state index contributed by atoms with van der Waals surface area (Å²) < 4.78 is 7.70. The van der Waals surface area contributed by atoms with Crippen LogP contribution >= 0.6 is 11.3 Å². The first-order valence-corrected chi connectivity index (χ1v) is 10.2. The lowest BCUT2D eigenvalue weighted by Gasteiger charge is -2.15. The molecule has 4 aromatic rings. The van der Waals surface area contributed by atoms with E-state index in [1.807, 2.05) is 64.5 Å². The largest absolute Gasteiger partial charge is 0.389 e. The molecule has 2 aromatic heterocycles. The van der Waals surface area contributed by atoms with Crippen LogP contribution in [0, 0.1) is 0 Å². The van der Waals surface area contributed by atoms with E-state index in [2.05, 4.69) is 17.4 Å². The number of benzene rings is 2. The molecule has 0 saturated carbocycles. The van der Waals surface area contributed by atoms with E-state index in [9.17, 15) is 5.11 Å². The average molecular weight is 394 g/mol. The van der Waals surface area contributed by atoms with Crippen molar-refractivity contribution in [3.05, 3.63) is 82.6 Å². The second-order valence-electron chi connectivity index (χ2n) is 6.62. The van der Waals surface area contributed by atoms with Crippen LogP contribution in [-0.2, 0) is 24.4 Å². The molecule has 1 unspecified atom stereocenters. The fourth-order valence-corrected chi connectivity index (χ4v) is 3.77. The molecule has 0 bridgehead atoms. The molecule has 2 N–H and O–H groups in total. The Morgan fingerprint density at radius 3 is 2.68 bits per heavy atom. The molecular formula is C22H23N3O2S. The summed E-state index contributed by atoms with van der Waals surface area (Å²) in [5.41, 5.74) is 3.08. The lowest BCUT2D eigenvalue weighted by Crippen LogP contribution is -2.23. The number of anilines is 1. The Hall–Kier alpha value is -2.67. The molecular weight excluding hydrogens is 370 g/mol. The molecule has 144 valence electrons. The van der Waals surface area contributed by atoms with Crippen molar-refractivity contribution < 1.29 is 9.84 Å². The molecule has 1 atom stereocenters. The number of nitrogens with one attached hydrogen (secondary N) is 1. The van der Waals surface area contributed by atoms with Crippen LogP contribution in [-0.4, -0.2) is 27.4 Å². The number of ether oxygens (including phenoxy) is 1. The first-order chi connectivity index (χ1) is 13.8. The lowest BCUT2D eigenvalue weighted by atomic mass is 10.2. The van der Waals surface area contributed by atoms with Gasteiger partial charge >= 0.3 is 0 Å². The Balaban J connectivity index is 1.45. The summed E-state index contributed by atoms with van der Waals surface area (Å²) in [6, 6.07) is 22.2. The van der Waals surface area contributed by atoms with Gasteiger partial charge < -0.3 is 19.7 Å². The number of aliphatic hydroxyl groups excluding tert-OH is 1. The Morgan fingerprint density at radius 2 is 1.86 bits per heavy atom. The number of aliphatic hydroxyl groups is 1. The number of imidazole rings is 1. The van der Waals surface area contributed by atoms with Crippen molar-refractivity contribution >= 4 is 28.3 Å². The Labute approximate surface area is 168 Å². The van der Waals surface area contributed by atoms with E-state index in [-0.39, 0.29) is 6.61 Å². The van der Waals surface area contributed by atoms with Crippen molar-refractivity contribution in [1.82, 2.24) is 9.55 Å². The minimum Gasteiger partial charge on any atom is -0.389 e. The summed E-state index contributed by atoms with van der Waals surface area (Å²) in [6.07, 6.45) is -0.616. The number of hydrogen-bond acceptors (Lipinski definition) is 5. The summed E-state index contributed by atoms with van der Waals surface area (Å²) >= 11 is 1.66. The topological polar surface area (TPSA) is 59.3 Å². The molecule has 4 rings (SSSR count). The summed E-state index contributed by atoms with van der Waals surface area (Å²) in [5, 5.41) is 16.0. The van der Waals surface area contributed by atoms with Gasteiger partial charge in [-0.1, -0.05) is 48.5 Å². The van der Waals surface area contributed by atoms with Gasteiger partial charge in [-0.2, -0.15) is 0 Å². The van der Waals surface area contributed by atoms with Crippen LogP contribution in [0.25, 0.3) is 11.0 Å². The normalized spacial score (nSPS) is 12.3. The number of thiophene rings is 1. The third-order valence-electron chi connectivity index (χ3n) is 4.48. The first kappa shape index (κ1) is 18.7. The van der Waals surface area contributed by atoms with Gasteiger partial charge in [0.15, 0.2) is 0 Å². The van der Waals surface area contributed by atoms with Crippen molar-refractivity contribution in [2.75, 3.05) is 11.9 Å². The summed E-state index contributed by atoms with van der Waals surface area (Å²) in [6.45, 7) is 1.90. The molecule has 2 aromatic carbocycles. The van der Waals surface area contributed by atoms with Crippen molar-refractivity contribution in [1.29, 1.82) is 0 Å². The SMILES string of the molecule is OC(COCc1cccs1)Cn1c(NCc2ccccc2)nc2ccccc21. The van der Waals surface area contributed by atoms with Crippen molar-refractivity contribution in [2.24, 2.45) is 0 Å². The predicted octanol–water partition coefficient (Wildman–Crippen LogP) is 4.29. The number of hydrogen-bond donors (Lipinski definition) is 2. The van der Waals surface area contributed by atoms with Crippen LogP contribution < -0.4 is 5.32 Å². The number of nitrogens with zero attached hydrogens (tertiary/aromatic N) is 2. The minimum absolute atomic E-state index is 0.280. The van der Waals surface area contributed by atoms with E-state index < -0.39 is 6.10 Å². The van der Waals surface area contributed by atoms with Gasteiger partial charge in [-0.05, 0) is 29.1 Å². The predicted molar refractivity (Wildman–Crippen MR) is 113 cm³/mol. The monoisotopic (exact) mass is 393 g/mol. The van der Waals surface area contributed by atoms with Gasteiger partial charge in [0.05, 0.1) is 36.9 Å². The van der Waals surface area contributed by atoms with Gasteiger partial charge in [0, 0.05) is 11.4 Å². The number of para-hydroxylation sites is 2. The number of fused-ring (bicyclic) bond motifs is 1. The van der Waals surface area contributed by atoms with Gasteiger partial charge in [0.2, 0.25) is 5.95 Å². The zero-order valence-corrected chi connectivity index (χ0v) is 16.3. The maximum atomic E-state index is 10.5. The molecule has 0 aliphatic carbocycles. The standard InChI is InChI=1S/C22H23N3O2S/c26-18(15-27-16-19-9-6-12-28-19)14-25-21-11-5-4-10-20(21)24-22(25)23-13-17-7-2-1-3-8-17/h1-12,18,26H,13-16H2,(H,23,24). The minimum atomic E-state index is -0.616. The third-order valence-corrected chi connectivity index (χ3v) is 5.33. The van der Waals surface area contributed by atoms with Gasteiger partial charge in [-0.3, -0.25) is 0 Å². The second-order valence-corrected chi connectivity index (χ2v) is 7.65. The molecule has 0 aliphatic heterocycles. The maximum Gasteiger partial charge on any atom is 0.204 e. The molecule has 6 heteroatoms. The molecule has 28 heavy (non-hydrogen) atoms. The zero-order chi connectivity index (χ0) is 19.2. The molecule has 0 saturated heterocycles. The summed E-state index contributed by atoms with van der Waals surface area (Å²) in [7, 11) is 0. The first-order valence-electron chi connectivity index (χ1n) is 9.31. The highest BCUT2D eigenvalue weighted by Crippen LogP contribution is 2.21. The fraction of sp³-hybridized carbons (Fsp3) is 0.227. The molecule has 0 radical (unpaired) electrons. The van der Waals surface area contributed by atoms with Gasteiger partial charge in [-0.15, -0.1) is 11.3 Å². The molecule has 5 nitrogen and oxygen atoms in total. The van der Waals surface area contributed by atoms with E-state index in [0.717, 1.165) is 21.9 Å². The summed E-state index contributed by atoms with van der Waals surface area (Å²) in [4.78, 5) is 5.86. The molecule has 0 amide bonds. The maximum absolute atomic E-state index is 10.5. The van der Waals surface area contributed by atoms with Crippen molar-refractivity contribution in [3.8, 4) is 0 Å². The Bertz CT molecular complexity index is 999. The second kappa shape index (κ2) is 9.01. The van der Waals surface area contributed by atoms with E-state index in [0.29, 0.717) is 19.7 Å². The van der Waals surface area contributed by atoms with Crippen LogP contribution in [0.3, 0.4) is 0 Å². The highest BCUT2D eigenvalue weighted by Gasteiger charge is 2.14. The van der Waals surface area contributed by atoms with Gasteiger partial charge in [-0.25, -0.2) is 4.98 Å². The highest BCUT2D eigenvalue weighted by atomic mass is 32.1. The van der Waals surface area contributed by atoms with Crippen LogP contribution in [0.2, 0.25) is 0 Å². The van der Waals surface area contributed by atoms with Crippen LogP contribution in [0.15, 0.2) is 72.1 Å². The fourth-order valence-electron chi connectivity index (χ4n) is 3.13. The number of rotatable bonds is 9. The van der Waals surface area contributed by atoms with Gasteiger partial charge in [0.25, 0.3) is 0 Å². The Kier molecular flexibility index (Phi) is 6.01. The highest BCUT2D eigenvalue weighted by molar-refractivity contribution is 7.09. The van der Waals surface area contributed by atoms with E-state index in [4.69, 9.17) is 9.72 Å². The van der Waals surface area contributed by atoms with Crippen molar-refractivity contribution in [2.45, 2.75) is 25.8 Å². The average Bonchev–Trinajstić information content (AvgIpc) is 3.36. The van der Waals surface area contributed by atoms with Crippen LogP contribution in [0.4, 0.5) is 5.95 Å². The smallest absolute Gasteiger partial charge is 0.204 e. The van der Waals surface area contributed by atoms with E-state index >= 15 is 0 Å². The van der Waals surface area contributed by atoms with E-state index in [1.165, 1.54) is 5.56 Å². The van der Waals surface area contributed by atoms with Crippen LogP contribution in [0.1, 0.15) is 10.4 Å². The van der Waals surface area contributed by atoms with Crippen molar-refractivity contribution in [3.63, 3.8) is 0 Å². The quantitative estimate of drug-likeness (QED) is 0.445. The lowest BCUT2D eigenvalue weighted by molar-refractivity contribution is 0.0220. The number of aromatic nitrogens is 2. The summed E-state index contributed by atoms with van der Waals surface area (Å²) in [5.74, 6) is 0.752.